The van der Waals surface area contributed by atoms with Crippen molar-refractivity contribution in [1.82, 2.24) is 5.32 Å². The van der Waals surface area contributed by atoms with E-state index in [-0.39, 0.29) is 23.9 Å². The molecule has 0 aliphatic carbocycles. The molecule has 22 heavy (non-hydrogen) atoms. The van der Waals surface area contributed by atoms with Gasteiger partial charge >= 0.3 is 7.12 Å². The van der Waals surface area contributed by atoms with Gasteiger partial charge in [0.25, 0.3) is 6.47 Å². The summed E-state index contributed by atoms with van der Waals surface area (Å²) in [5, 5.41) is 3.29. The van der Waals surface area contributed by atoms with Crippen LogP contribution in [0.25, 0.3) is 0 Å². The first-order chi connectivity index (χ1) is 9.98. The lowest BCUT2D eigenvalue weighted by Crippen LogP contribution is -2.41. The molecule has 0 spiro atoms. The number of rotatable bonds is 2. The second-order valence-electron chi connectivity index (χ2n) is 7.65. The Morgan fingerprint density at radius 1 is 1.23 bits per heavy atom. The van der Waals surface area contributed by atoms with Crippen molar-refractivity contribution in [3.8, 4) is 0 Å². The van der Waals surface area contributed by atoms with Crippen LogP contribution >= 0.6 is 0 Å². The summed E-state index contributed by atoms with van der Waals surface area (Å²) < 4.78 is 16.5. The van der Waals surface area contributed by atoms with Crippen molar-refractivity contribution in [1.29, 1.82) is 0 Å². The SMILES string of the molecule is CC(C)(C)OC=O.CC1(C)OB(C2=CCNCC2)OC1(C)C. The molecule has 0 amide bonds. The molecule has 1 fully saturated rings. The average Bonchev–Trinajstić information content (AvgIpc) is 2.59. The van der Waals surface area contributed by atoms with Gasteiger partial charge in [0.05, 0.1) is 11.2 Å². The Balaban J connectivity index is 0.000000295. The van der Waals surface area contributed by atoms with Gasteiger partial charge < -0.3 is 19.4 Å². The maximum absolute atomic E-state index is 9.60. The summed E-state index contributed by atoms with van der Waals surface area (Å²) >= 11 is 0. The first kappa shape index (κ1) is 19.2. The molecule has 2 aliphatic heterocycles. The molecule has 2 rings (SSSR count). The van der Waals surface area contributed by atoms with Crippen LogP contribution in [0.4, 0.5) is 0 Å². The lowest BCUT2D eigenvalue weighted by atomic mass is 9.75. The fourth-order valence-corrected chi connectivity index (χ4v) is 1.99. The smallest absolute Gasteiger partial charge is 0.462 e. The number of nitrogens with one attached hydrogen (secondary N) is 1. The maximum Gasteiger partial charge on any atom is 0.490 e. The first-order valence-electron chi connectivity index (χ1n) is 7.85. The van der Waals surface area contributed by atoms with Crippen LogP contribution in [0.3, 0.4) is 0 Å². The molecule has 0 saturated carbocycles. The second kappa shape index (κ2) is 7.15. The van der Waals surface area contributed by atoms with E-state index in [0.717, 1.165) is 19.5 Å². The Bertz CT molecular complexity index is 397. The molecule has 0 atom stereocenters. The van der Waals surface area contributed by atoms with Crippen LogP contribution in [0.15, 0.2) is 11.5 Å². The van der Waals surface area contributed by atoms with Crippen molar-refractivity contribution in [3.63, 3.8) is 0 Å². The largest absolute Gasteiger partial charge is 0.490 e. The summed E-state index contributed by atoms with van der Waals surface area (Å²) in [6.45, 7) is 16.2. The van der Waals surface area contributed by atoms with Crippen molar-refractivity contribution in [2.24, 2.45) is 0 Å². The zero-order valence-corrected chi connectivity index (χ0v) is 15.0. The normalized spacial score (nSPS) is 23.2. The van der Waals surface area contributed by atoms with Crippen LogP contribution in [0.5, 0.6) is 0 Å². The quantitative estimate of drug-likeness (QED) is 0.627. The molecule has 0 aromatic carbocycles. The fraction of sp³-hybridized carbons (Fsp3) is 0.812. The minimum atomic E-state index is -0.318. The third-order valence-electron chi connectivity index (χ3n) is 4.06. The van der Waals surface area contributed by atoms with E-state index >= 15 is 0 Å². The molecular weight excluding hydrogens is 281 g/mol. The molecule has 5 nitrogen and oxygen atoms in total. The van der Waals surface area contributed by atoms with E-state index in [1.54, 1.807) is 0 Å². The topological polar surface area (TPSA) is 56.8 Å². The Morgan fingerprint density at radius 3 is 2.09 bits per heavy atom. The van der Waals surface area contributed by atoms with Gasteiger partial charge in [0.2, 0.25) is 0 Å². The zero-order valence-electron chi connectivity index (χ0n) is 15.0. The highest BCUT2D eigenvalue weighted by Crippen LogP contribution is 2.39. The van der Waals surface area contributed by atoms with E-state index in [0.29, 0.717) is 6.47 Å². The highest BCUT2D eigenvalue weighted by atomic mass is 16.7. The van der Waals surface area contributed by atoms with Crippen molar-refractivity contribution in [2.75, 3.05) is 13.1 Å². The standard InChI is InChI=1S/C11H20BNO2.C5H10O2/c1-10(2)11(3,4)15-12(14-10)9-5-7-13-8-6-9;1-5(2,3)7-4-6/h5,13H,6-8H2,1-4H3;4H,1-3H3. The molecule has 126 valence electrons. The molecule has 2 aliphatic rings. The van der Waals surface area contributed by atoms with Gasteiger partial charge in [-0.2, -0.15) is 0 Å². The van der Waals surface area contributed by atoms with E-state index in [4.69, 9.17) is 9.31 Å². The molecule has 0 aromatic heterocycles. The van der Waals surface area contributed by atoms with Crippen LogP contribution in [-0.4, -0.2) is 43.5 Å². The number of ether oxygens (including phenoxy) is 1. The number of carbonyl (C=O) groups is 1. The molecule has 1 N–H and O–H groups in total. The second-order valence-corrected chi connectivity index (χ2v) is 7.65. The van der Waals surface area contributed by atoms with Gasteiger partial charge in [0, 0.05) is 6.54 Å². The van der Waals surface area contributed by atoms with Crippen LogP contribution in [0.1, 0.15) is 54.9 Å². The van der Waals surface area contributed by atoms with Crippen LogP contribution in [0, 0.1) is 0 Å². The number of carbonyl (C=O) groups excluding carboxylic acids is 1. The van der Waals surface area contributed by atoms with E-state index in [9.17, 15) is 4.79 Å². The molecule has 0 unspecified atom stereocenters. The zero-order chi connectivity index (χ0) is 17.0. The van der Waals surface area contributed by atoms with E-state index in [2.05, 4.69) is 43.8 Å². The van der Waals surface area contributed by atoms with Gasteiger partial charge in [-0.05, 0) is 66.9 Å². The third-order valence-corrected chi connectivity index (χ3v) is 4.06. The summed E-state index contributed by atoms with van der Waals surface area (Å²) in [5.41, 5.74) is 0.529. The van der Waals surface area contributed by atoms with Crippen molar-refractivity contribution >= 4 is 13.6 Å². The monoisotopic (exact) mass is 311 g/mol. The van der Waals surface area contributed by atoms with Crippen molar-refractivity contribution < 1.29 is 18.8 Å². The summed E-state index contributed by atoms with van der Waals surface area (Å²) in [6.07, 6.45) is 3.21. The molecule has 0 bridgehead atoms. The number of hydrogen-bond donors (Lipinski definition) is 1. The Morgan fingerprint density at radius 2 is 1.77 bits per heavy atom. The lowest BCUT2D eigenvalue weighted by molar-refractivity contribution is -0.138. The third kappa shape index (κ3) is 5.41. The molecular formula is C16H30BNO4. The van der Waals surface area contributed by atoms with E-state index in [1.165, 1.54) is 5.47 Å². The highest BCUT2D eigenvalue weighted by Gasteiger charge is 2.52. The van der Waals surface area contributed by atoms with E-state index < -0.39 is 0 Å². The lowest BCUT2D eigenvalue weighted by Gasteiger charge is -2.32. The molecule has 1 saturated heterocycles. The Hall–Kier alpha value is -0.845. The minimum Gasteiger partial charge on any atom is -0.462 e. The molecule has 6 heteroatoms. The van der Waals surface area contributed by atoms with Gasteiger partial charge in [0.1, 0.15) is 5.60 Å². The number of hydrogen-bond acceptors (Lipinski definition) is 5. The van der Waals surface area contributed by atoms with Crippen LogP contribution in [-0.2, 0) is 18.8 Å². The summed E-state index contributed by atoms with van der Waals surface area (Å²) in [4.78, 5) is 9.60. The van der Waals surface area contributed by atoms with Crippen LogP contribution in [0.2, 0.25) is 0 Å². The highest BCUT2D eigenvalue weighted by molar-refractivity contribution is 6.54. The fourth-order valence-electron chi connectivity index (χ4n) is 1.99. The van der Waals surface area contributed by atoms with Gasteiger partial charge in [0.15, 0.2) is 0 Å². The van der Waals surface area contributed by atoms with Gasteiger partial charge in [-0.15, -0.1) is 0 Å². The maximum atomic E-state index is 9.60. The molecule has 2 heterocycles. The molecule has 0 radical (unpaired) electrons. The van der Waals surface area contributed by atoms with Crippen molar-refractivity contribution in [3.05, 3.63) is 11.5 Å². The predicted octanol–water partition coefficient (Wildman–Crippen LogP) is 2.50. The van der Waals surface area contributed by atoms with Crippen molar-refractivity contribution in [2.45, 2.75) is 71.7 Å². The van der Waals surface area contributed by atoms with E-state index in [1.807, 2.05) is 20.8 Å². The predicted molar refractivity (Wildman–Crippen MR) is 88.6 cm³/mol. The average molecular weight is 311 g/mol. The van der Waals surface area contributed by atoms with Crippen LogP contribution < -0.4 is 5.32 Å². The van der Waals surface area contributed by atoms with Gasteiger partial charge in [-0.25, -0.2) is 0 Å². The van der Waals surface area contributed by atoms with Gasteiger partial charge in [-0.1, -0.05) is 6.08 Å². The first-order valence-corrected chi connectivity index (χ1v) is 7.85. The Kier molecular flexibility index (Phi) is 6.24. The summed E-state index contributed by atoms with van der Waals surface area (Å²) in [5.74, 6) is 0. The molecule has 0 aromatic rings. The Labute approximate surface area is 134 Å². The van der Waals surface area contributed by atoms with Gasteiger partial charge in [-0.3, -0.25) is 4.79 Å². The summed E-state index contributed by atoms with van der Waals surface area (Å²) in [7, 11) is -0.142. The summed E-state index contributed by atoms with van der Waals surface area (Å²) in [6, 6.07) is 0. The minimum absolute atomic E-state index is 0.142.